The van der Waals surface area contributed by atoms with Crippen molar-refractivity contribution in [2.24, 2.45) is 10.4 Å². The van der Waals surface area contributed by atoms with Crippen molar-refractivity contribution in [1.82, 2.24) is 10.2 Å². The minimum atomic E-state index is -0.223. The smallest absolute Gasteiger partial charge is 0.193 e. The van der Waals surface area contributed by atoms with Gasteiger partial charge in [-0.1, -0.05) is 18.6 Å². The lowest BCUT2D eigenvalue weighted by molar-refractivity contribution is -0.0607. The van der Waals surface area contributed by atoms with Crippen molar-refractivity contribution in [3.63, 3.8) is 0 Å². The van der Waals surface area contributed by atoms with Crippen LogP contribution in [0, 0.1) is 11.2 Å². The second-order valence-electron chi connectivity index (χ2n) is 7.89. The summed E-state index contributed by atoms with van der Waals surface area (Å²) in [6.45, 7) is 5.31. The van der Waals surface area contributed by atoms with Crippen LogP contribution in [0.2, 0.25) is 0 Å². The van der Waals surface area contributed by atoms with E-state index >= 15 is 0 Å². The minimum absolute atomic E-state index is 0. The van der Waals surface area contributed by atoms with E-state index in [0.717, 1.165) is 37.6 Å². The molecule has 0 radical (unpaired) electrons. The van der Waals surface area contributed by atoms with E-state index in [2.05, 4.69) is 22.1 Å². The third kappa shape index (κ3) is 5.79. The molecule has 1 aromatic carbocycles. The first-order chi connectivity index (χ1) is 13.0. The molecule has 1 aromatic rings. The first-order valence-corrected chi connectivity index (χ1v) is 9.91. The van der Waals surface area contributed by atoms with Crippen molar-refractivity contribution in [2.75, 3.05) is 40.4 Å². The highest BCUT2D eigenvalue weighted by molar-refractivity contribution is 14.0. The molecule has 1 aliphatic carbocycles. The van der Waals surface area contributed by atoms with Gasteiger partial charge in [0.2, 0.25) is 0 Å². The number of halogens is 2. The minimum Gasteiger partial charge on any atom is -0.385 e. The average Bonchev–Trinajstić information content (AvgIpc) is 2.63. The van der Waals surface area contributed by atoms with Gasteiger partial charge in [0.25, 0.3) is 0 Å². The van der Waals surface area contributed by atoms with E-state index in [9.17, 15) is 4.39 Å². The Morgan fingerprint density at radius 2 is 2.04 bits per heavy atom. The third-order valence-electron chi connectivity index (χ3n) is 5.89. The number of hydrogen-bond acceptors (Lipinski definition) is 3. The predicted octanol–water partition coefficient (Wildman–Crippen LogP) is 3.99. The zero-order chi connectivity index (χ0) is 19.3. The molecule has 2 unspecified atom stereocenters. The van der Waals surface area contributed by atoms with E-state index in [4.69, 9.17) is 9.47 Å². The molecule has 5 nitrogen and oxygen atoms in total. The molecule has 7 heteroatoms. The Balaban J connectivity index is 0.00000280. The first kappa shape index (κ1) is 23.3. The standard InChI is InChI=1S/C21H32FN3O2.HI/c1-16-13-25(14-19(27-16)17-5-7-18(22)8-6-17)20(23-2)24-15-21(9-4-10-21)11-12-26-3;/h5-8,16,19H,4,9-15H2,1-3H3,(H,23,24);1H. The first-order valence-electron chi connectivity index (χ1n) is 9.91. The van der Waals surface area contributed by atoms with Crippen LogP contribution in [0.25, 0.3) is 0 Å². The third-order valence-corrected chi connectivity index (χ3v) is 5.89. The molecule has 1 saturated carbocycles. The van der Waals surface area contributed by atoms with Gasteiger partial charge >= 0.3 is 0 Å². The topological polar surface area (TPSA) is 46.1 Å². The van der Waals surface area contributed by atoms with E-state index in [1.54, 1.807) is 19.2 Å². The molecule has 0 spiro atoms. The number of rotatable bonds is 6. The molecule has 28 heavy (non-hydrogen) atoms. The maximum Gasteiger partial charge on any atom is 0.193 e. The van der Waals surface area contributed by atoms with E-state index in [0.29, 0.717) is 12.0 Å². The molecular formula is C21H33FIN3O2. The van der Waals surface area contributed by atoms with Crippen molar-refractivity contribution in [3.8, 4) is 0 Å². The highest BCUT2D eigenvalue weighted by atomic mass is 127. The predicted molar refractivity (Wildman–Crippen MR) is 121 cm³/mol. The van der Waals surface area contributed by atoms with E-state index in [1.165, 1.54) is 31.4 Å². The second kappa shape index (κ2) is 10.7. The quantitative estimate of drug-likeness (QED) is 0.361. The Bertz CT molecular complexity index is 637. The van der Waals surface area contributed by atoms with Crippen molar-refractivity contribution in [3.05, 3.63) is 35.6 Å². The molecule has 2 atom stereocenters. The number of aliphatic imine (C=N–C) groups is 1. The van der Waals surface area contributed by atoms with Crippen LogP contribution in [0.4, 0.5) is 4.39 Å². The Labute approximate surface area is 185 Å². The summed E-state index contributed by atoms with van der Waals surface area (Å²) in [6.07, 6.45) is 4.88. The number of ether oxygens (including phenoxy) is 2. The van der Waals surface area contributed by atoms with Gasteiger partial charge in [0.05, 0.1) is 12.6 Å². The molecule has 0 amide bonds. The monoisotopic (exact) mass is 505 g/mol. The summed E-state index contributed by atoms with van der Waals surface area (Å²) < 4.78 is 24.6. The van der Waals surface area contributed by atoms with Crippen LogP contribution in [-0.4, -0.2) is 57.4 Å². The van der Waals surface area contributed by atoms with Gasteiger partial charge in [-0.05, 0) is 49.3 Å². The lowest BCUT2D eigenvalue weighted by Gasteiger charge is -2.44. The van der Waals surface area contributed by atoms with Gasteiger partial charge in [-0.15, -0.1) is 24.0 Å². The molecule has 2 fully saturated rings. The number of hydrogen-bond donors (Lipinski definition) is 1. The fourth-order valence-corrected chi connectivity index (χ4v) is 4.10. The van der Waals surface area contributed by atoms with Crippen LogP contribution in [0.3, 0.4) is 0 Å². The maximum atomic E-state index is 13.2. The molecule has 0 bridgehead atoms. The lowest BCUT2D eigenvalue weighted by Crippen LogP contribution is -2.53. The highest BCUT2D eigenvalue weighted by Gasteiger charge is 2.37. The van der Waals surface area contributed by atoms with E-state index in [1.807, 2.05) is 7.05 Å². The van der Waals surface area contributed by atoms with Crippen LogP contribution in [-0.2, 0) is 9.47 Å². The Hall–Kier alpha value is -0.930. The molecule has 1 aliphatic heterocycles. The van der Waals surface area contributed by atoms with Gasteiger partial charge in [0.15, 0.2) is 5.96 Å². The number of guanidine groups is 1. The zero-order valence-corrected chi connectivity index (χ0v) is 19.4. The Morgan fingerprint density at radius 1 is 1.32 bits per heavy atom. The lowest BCUT2D eigenvalue weighted by atomic mass is 9.67. The second-order valence-corrected chi connectivity index (χ2v) is 7.89. The summed E-state index contributed by atoms with van der Waals surface area (Å²) in [4.78, 5) is 6.77. The summed E-state index contributed by atoms with van der Waals surface area (Å²) in [5.74, 6) is 0.694. The van der Waals surface area contributed by atoms with Gasteiger partial charge in [0, 0.05) is 33.9 Å². The average molecular weight is 505 g/mol. The summed E-state index contributed by atoms with van der Waals surface area (Å²) >= 11 is 0. The summed E-state index contributed by atoms with van der Waals surface area (Å²) in [5, 5.41) is 3.60. The van der Waals surface area contributed by atoms with Gasteiger partial charge < -0.3 is 19.7 Å². The van der Waals surface area contributed by atoms with Gasteiger partial charge in [-0.25, -0.2) is 4.39 Å². The summed E-state index contributed by atoms with van der Waals surface area (Å²) in [7, 11) is 3.60. The van der Waals surface area contributed by atoms with E-state index in [-0.39, 0.29) is 42.0 Å². The molecule has 3 rings (SSSR count). The van der Waals surface area contributed by atoms with E-state index < -0.39 is 0 Å². The Morgan fingerprint density at radius 3 is 2.61 bits per heavy atom. The molecular weight excluding hydrogens is 472 g/mol. The van der Waals surface area contributed by atoms with Crippen molar-refractivity contribution in [2.45, 2.75) is 44.8 Å². The largest absolute Gasteiger partial charge is 0.385 e. The maximum absolute atomic E-state index is 13.2. The normalized spacial score (nSPS) is 24.3. The fourth-order valence-electron chi connectivity index (χ4n) is 4.10. The molecule has 158 valence electrons. The Kier molecular flexibility index (Phi) is 8.95. The van der Waals surface area contributed by atoms with Crippen LogP contribution in [0.5, 0.6) is 0 Å². The number of benzene rings is 1. The number of nitrogens with one attached hydrogen (secondary N) is 1. The van der Waals surface area contributed by atoms with Gasteiger partial charge in [-0.2, -0.15) is 0 Å². The molecule has 1 N–H and O–H groups in total. The summed E-state index contributed by atoms with van der Waals surface area (Å²) in [5.41, 5.74) is 1.33. The fraction of sp³-hybridized carbons (Fsp3) is 0.667. The van der Waals surface area contributed by atoms with Crippen LogP contribution in [0.15, 0.2) is 29.3 Å². The number of morpholine rings is 1. The molecule has 1 heterocycles. The van der Waals surface area contributed by atoms with Crippen molar-refractivity contribution >= 4 is 29.9 Å². The zero-order valence-electron chi connectivity index (χ0n) is 17.1. The van der Waals surface area contributed by atoms with Crippen LogP contribution >= 0.6 is 24.0 Å². The summed E-state index contributed by atoms with van der Waals surface area (Å²) in [6, 6.07) is 6.60. The SMILES string of the molecule is CN=C(NCC1(CCOC)CCC1)N1CC(C)OC(c2ccc(F)cc2)C1.I. The molecule has 1 saturated heterocycles. The molecule has 2 aliphatic rings. The van der Waals surface area contributed by atoms with Crippen LogP contribution < -0.4 is 5.32 Å². The van der Waals surface area contributed by atoms with Crippen molar-refractivity contribution < 1.29 is 13.9 Å². The highest BCUT2D eigenvalue weighted by Crippen LogP contribution is 2.43. The molecule has 0 aromatic heterocycles. The number of nitrogens with zero attached hydrogens (tertiary/aromatic N) is 2. The van der Waals surface area contributed by atoms with Crippen molar-refractivity contribution in [1.29, 1.82) is 0 Å². The van der Waals surface area contributed by atoms with Crippen LogP contribution in [0.1, 0.15) is 44.3 Å². The van der Waals surface area contributed by atoms with Gasteiger partial charge in [0.1, 0.15) is 11.9 Å². The van der Waals surface area contributed by atoms with Gasteiger partial charge in [-0.3, -0.25) is 4.99 Å². The number of methoxy groups -OCH3 is 1.